The summed E-state index contributed by atoms with van der Waals surface area (Å²) in [6, 6.07) is 11.9. The van der Waals surface area contributed by atoms with Gasteiger partial charge in [-0.2, -0.15) is 13.2 Å². The fourth-order valence-electron chi connectivity index (χ4n) is 2.15. The summed E-state index contributed by atoms with van der Waals surface area (Å²) in [5.74, 6) is -2.26. The van der Waals surface area contributed by atoms with Gasteiger partial charge in [0, 0.05) is 6.54 Å². The van der Waals surface area contributed by atoms with Gasteiger partial charge in [0.2, 0.25) is 10.0 Å². The summed E-state index contributed by atoms with van der Waals surface area (Å²) in [5.41, 5.74) is 0.445. The highest BCUT2D eigenvalue weighted by Gasteiger charge is 2.28. The highest BCUT2D eigenvalue weighted by Crippen LogP contribution is 2.23. The van der Waals surface area contributed by atoms with Gasteiger partial charge in [-0.3, -0.25) is 4.79 Å². The van der Waals surface area contributed by atoms with Crippen LogP contribution in [0.25, 0.3) is 0 Å². The molecule has 0 aromatic heterocycles. The topological polar surface area (TPSA) is 102 Å². The highest BCUT2D eigenvalue weighted by atomic mass is 35.5. The first-order valence-corrected chi connectivity index (χ1v) is 10.2. The molecule has 12 heteroatoms. The van der Waals surface area contributed by atoms with E-state index >= 15 is 0 Å². The highest BCUT2D eigenvalue weighted by molar-refractivity contribution is 7.89. The molecule has 0 radical (unpaired) electrons. The average molecular weight is 465 g/mol. The Morgan fingerprint density at radius 1 is 1.07 bits per heavy atom. The van der Waals surface area contributed by atoms with Gasteiger partial charge in [0.05, 0.1) is 10.6 Å². The van der Waals surface area contributed by atoms with Crippen LogP contribution in [-0.2, 0) is 26.1 Å². The van der Waals surface area contributed by atoms with E-state index in [0.29, 0.717) is 5.56 Å². The predicted octanol–water partition coefficient (Wildman–Crippen LogP) is 2.65. The van der Waals surface area contributed by atoms with Crippen molar-refractivity contribution in [3.05, 3.63) is 64.7 Å². The van der Waals surface area contributed by atoms with Crippen LogP contribution in [0.15, 0.2) is 53.4 Å². The van der Waals surface area contributed by atoms with Gasteiger partial charge >= 0.3 is 12.1 Å². The van der Waals surface area contributed by atoms with Crippen LogP contribution in [0.1, 0.15) is 15.9 Å². The Morgan fingerprint density at radius 2 is 1.73 bits per heavy atom. The number of amides is 1. The minimum absolute atomic E-state index is 0.0203. The number of carbonyl (C=O) groups is 2. The van der Waals surface area contributed by atoms with Gasteiger partial charge in [0.25, 0.3) is 5.91 Å². The second kappa shape index (κ2) is 9.92. The molecule has 162 valence electrons. The zero-order valence-electron chi connectivity index (χ0n) is 15.2. The van der Waals surface area contributed by atoms with Crippen molar-refractivity contribution in [2.24, 2.45) is 0 Å². The Morgan fingerprint density at radius 3 is 2.37 bits per heavy atom. The maximum Gasteiger partial charge on any atom is 0.405 e. The number of nitrogens with one attached hydrogen (secondary N) is 2. The van der Waals surface area contributed by atoms with E-state index in [0.717, 1.165) is 18.2 Å². The maximum atomic E-state index is 12.5. The van der Waals surface area contributed by atoms with Crippen molar-refractivity contribution in [2.45, 2.75) is 17.6 Å². The number of ether oxygens (including phenoxy) is 1. The monoisotopic (exact) mass is 464 g/mol. The Labute approximate surface area is 175 Å². The van der Waals surface area contributed by atoms with Gasteiger partial charge < -0.3 is 10.1 Å². The van der Waals surface area contributed by atoms with E-state index < -0.39 is 46.1 Å². The number of sulfonamides is 1. The SMILES string of the molecule is O=C(COC(=O)c1ccc(Cl)c(S(=O)(=O)NCc2ccccc2)c1)NCC(F)(F)F. The third kappa shape index (κ3) is 7.32. The van der Waals surface area contributed by atoms with E-state index in [-0.39, 0.29) is 17.1 Å². The molecule has 2 N–H and O–H groups in total. The number of esters is 1. The minimum Gasteiger partial charge on any atom is -0.452 e. The normalized spacial score (nSPS) is 11.7. The van der Waals surface area contributed by atoms with Crippen LogP contribution in [0.4, 0.5) is 13.2 Å². The zero-order valence-corrected chi connectivity index (χ0v) is 16.8. The molecule has 0 spiro atoms. The summed E-state index contributed by atoms with van der Waals surface area (Å²) < 4.78 is 68.2. The van der Waals surface area contributed by atoms with E-state index in [1.165, 1.54) is 5.32 Å². The number of hydrogen-bond donors (Lipinski definition) is 2. The molecular formula is C18H16ClF3N2O5S. The summed E-state index contributed by atoms with van der Waals surface area (Å²) >= 11 is 5.94. The standard InChI is InChI=1S/C18H16ClF3N2O5S/c19-14-7-6-13(17(26)29-10-16(25)23-11-18(20,21)22)8-15(14)30(27,28)24-9-12-4-2-1-3-5-12/h1-8,24H,9-11H2,(H,23,25). The van der Waals surface area contributed by atoms with Crippen LogP contribution < -0.4 is 10.0 Å². The molecule has 2 rings (SSSR count). The number of alkyl halides is 3. The number of hydrogen-bond acceptors (Lipinski definition) is 5. The third-order valence-corrected chi connectivity index (χ3v) is 5.47. The second-order valence-corrected chi connectivity index (χ2v) is 8.07. The fraction of sp³-hybridized carbons (Fsp3) is 0.222. The summed E-state index contributed by atoms with van der Waals surface area (Å²) in [5, 5.41) is 1.38. The minimum atomic E-state index is -4.61. The fourth-order valence-corrected chi connectivity index (χ4v) is 3.69. The third-order valence-electron chi connectivity index (χ3n) is 3.59. The molecule has 0 saturated carbocycles. The maximum absolute atomic E-state index is 12.5. The molecule has 0 heterocycles. The Balaban J connectivity index is 2.04. The smallest absolute Gasteiger partial charge is 0.405 e. The van der Waals surface area contributed by atoms with Crippen LogP contribution in [0.5, 0.6) is 0 Å². The first-order chi connectivity index (χ1) is 14.0. The second-order valence-electron chi connectivity index (χ2n) is 5.92. The quantitative estimate of drug-likeness (QED) is 0.585. The van der Waals surface area contributed by atoms with Crippen LogP contribution in [0, 0.1) is 0 Å². The van der Waals surface area contributed by atoms with Crippen LogP contribution in [-0.4, -0.2) is 39.6 Å². The first kappa shape index (κ1) is 23.6. The van der Waals surface area contributed by atoms with E-state index in [1.807, 2.05) is 0 Å². The zero-order chi connectivity index (χ0) is 22.4. The Bertz CT molecular complexity index is 1010. The Kier molecular flexibility index (Phi) is 7.82. The summed E-state index contributed by atoms with van der Waals surface area (Å²) in [6.07, 6.45) is -4.61. The number of benzene rings is 2. The first-order valence-electron chi connectivity index (χ1n) is 8.32. The van der Waals surface area contributed by atoms with Gasteiger partial charge in [-0.25, -0.2) is 17.9 Å². The molecule has 0 saturated heterocycles. The van der Waals surface area contributed by atoms with Crippen molar-refractivity contribution in [1.82, 2.24) is 10.0 Å². The van der Waals surface area contributed by atoms with Crippen molar-refractivity contribution in [3.63, 3.8) is 0 Å². The van der Waals surface area contributed by atoms with Crippen molar-refractivity contribution in [3.8, 4) is 0 Å². The predicted molar refractivity (Wildman–Crippen MR) is 101 cm³/mol. The molecule has 0 aliphatic rings. The molecule has 30 heavy (non-hydrogen) atoms. The van der Waals surface area contributed by atoms with Crippen molar-refractivity contribution >= 4 is 33.5 Å². The number of halogens is 4. The molecule has 0 aliphatic heterocycles. The number of carbonyl (C=O) groups excluding carboxylic acids is 2. The average Bonchev–Trinajstić information content (AvgIpc) is 2.69. The van der Waals surface area contributed by atoms with Gasteiger partial charge in [0.15, 0.2) is 6.61 Å². The molecule has 0 unspecified atom stereocenters. The van der Waals surface area contributed by atoms with E-state index in [2.05, 4.69) is 9.46 Å². The van der Waals surface area contributed by atoms with Crippen LogP contribution in [0.2, 0.25) is 5.02 Å². The lowest BCUT2D eigenvalue weighted by molar-refractivity contribution is -0.140. The van der Waals surface area contributed by atoms with Crippen LogP contribution in [0.3, 0.4) is 0 Å². The van der Waals surface area contributed by atoms with Crippen molar-refractivity contribution in [1.29, 1.82) is 0 Å². The van der Waals surface area contributed by atoms with Crippen molar-refractivity contribution in [2.75, 3.05) is 13.2 Å². The number of rotatable bonds is 8. The van der Waals surface area contributed by atoms with Gasteiger partial charge in [-0.1, -0.05) is 41.9 Å². The summed E-state index contributed by atoms with van der Waals surface area (Å²) in [4.78, 5) is 23.0. The summed E-state index contributed by atoms with van der Waals surface area (Å²) in [7, 11) is -4.10. The molecule has 0 fully saturated rings. The molecular weight excluding hydrogens is 449 g/mol. The molecule has 2 aromatic rings. The van der Waals surface area contributed by atoms with Gasteiger partial charge in [0.1, 0.15) is 11.4 Å². The molecule has 1 amide bonds. The lowest BCUT2D eigenvalue weighted by Crippen LogP contribution is -2.36. The lowest BCUT2D eigenvalue weighted by Gasteiger charge is -2.11. The van der Waals surface area contributed by atoms with Gasteiger partial charge in [-0.15, -0.1) is 0 Å². The molecule has 0 aliphatic carbocycles. The van der Waals surface area contributed by atoms with Crippen LogP contribution >= 0.6 is 11.6 Å². The lowest BCUT2D eigenvalue weighted by atomic mass is 10.2. The molecule has 0 atom stereocenters. The molecule has 0 bridgehead atoms. The van der Waals surface area contributed by atoms with Crippen molar-refractivity contribution < 1.29 is 35.9 Å². The largest absolute Gasteiger partial charge is 0.452 e. The van der Waals surface area contributed by atoms with E-state index in [9.17, 15) is 31.2 Å². The van der Waals surface area contributed by atoms with E-state index in [4.69, 9.17) is 11.6 Å². The Hall–Kier alpha value is -2.63. The molecule has 7 nitrogen and oxygen atoms in total. The van der Waals surface area contributed by atoms with E-state index in [1.54, 1.807) is 30.3 Å². The molecule has 2 aromatic carbocycles. The summed E-state index contributed by atoms with van der Waals surface area (Å²) in [6.45, 7) is -2.56. The van der Waals surface area contributed by atoms with Gasteiger partial charge in [-0.05, 0) is 23.8 Å².